The Balaban J connectivity index is 1.68. The Labute approximate surface area is 151 Å². The van der Waals surface area contributed by atoms with Gasteiger partial charge in [0.1, 0.15) is 5.82 Å². The third-order valence-electron chi connectivity index (χ3n) is 3.80. The number of aryl methyl sites for hydroxylation is 2. The first kappa shape index (κ1) is 17.4. The highest BCUT2D eigenvalue weighted by atomic mass is 32.1. The number of carbonyl (C=O) groups is 1. The summed E-state index contributed by atoms with van der Waals surface area (Å²) in [5.74, 6) is 0.642. The number of hydrogen-bond donors (Lipinski definition) is 1. The molecule has 0 aliphatic rings. The molecular weight excluding hydrogens is 332 g/mol. The predicted molar refractivity (Wildman–Crippen MR) is 102 cm³/mol. The van der Waals surface area contributed by atoms with Crippen LogP contribution in [-0.2, 0) is 11.3 Å². The lowest BCUT2D eigenvalue weighted by Gasteiger charge is -2.15. The van der Waals surface area contributed by atoms with Crippen molar-refractivity contribution in [3.63, 3.8) is 0 Å². The minimum atomic E-state index is -0.0488. The molecule has 0 aliphatic carbocycles. The Hall–Kier alpha value is -2.44. The molecule has 0 atom stereocenters. The Morgan fingerprint density at radius 3 is 2.68 bits per heavy atom. The number of carbonyl (C=O) groups excluding carboxylic acids is 1. The SMILES string of the molecule is Cc1ccc(-n2nc(C)cc2NC(=O)CN(C)Cc2cccs2)cc1. The topological polar surface area (TPSA) is 50.2 Å². The zero-order valence-electron chi connectivity index (χ0n) is 14.7. The van der Waals surface area contributed by atoms with E-state index in [0.29, 0.717) is 12.4 Å². The van der Waals surface area contributed by atoms with Crippen molar-refractivity contribution in [2.24, 2.45) is 0 Å². The number of amides is 1. The Bertz CT molecular complexity index is 837. The van der Waals surface area contributed by atoms with Gasteiger partial charge in [0.15, 0.2) is 0 Å². The lowest BCUT2D eigenvalue weighted by molar-refractivity contribution is -0.117. The van der Waals surface area contributed by atoms with Crippen LogP contribution in [0.2, 0.25) is 0 Å². The van der Waals surface area contributed by atoms with Gasteiger partial charge in [0, 0.05) is 17.5 Å². The molecule has 0 bridgehead atoms. The highest BCUT2D eigenvalue weighted by molar-refractivity contribution is 7.09. The van der Waals surface area contributed by atoms with Gasteiger partial charge >= 0.3 is 0 Å². The van der Waals surface area contributed by atoms with E-state index in [4.69, 9.17) is 0 Å². The van der Waals surface area contributed by atoms with Gasteiger partial charge < -0.3 is 5.32 Å². The number of nitrogens with zero attached hydrogens (tertiary/aromatic N) is 3. The van der Waals surface area contributed by atoms with E-state index < -0.39 is 0 Å². The van der Waals surface area contributed by atoms with Gasteiger partial charge in [-0.15, -0.1) is 11.3 Å². The number of benzene rings is 1. The van der Waals surface area contributed by atoms with Crippen molar-refractivity contribution < 1.29 is 4.79 Å². The largest absolute Gasteiger partial charge is 0.309 e. The van der Waals surface area contributed by atoms with E-state index in [0.717, 1.165) is 17.9 Å². The molecule has 25 heavy (non-hydrogen) atoms. The first-order valence-electron chi connectivity index (χ1n) is 8.16. The van der Waals surface area contributed by atoms with Crippen LogP contribution in [0.3, 0.4) is 0 Å². The number of likely N-dealkylation sites (N-methyl/N-ethyl adjacent to an activating group) is 1. The molecule has 1 N–H and O–H groups in total. The van der Waals surface area contributed by atoms with Crippen molar-refractivity contribution in [3.05, 3.63) is 64.0 Å². The van der Waals surface area contributed by atoms with Crippen LogP contribution in [0.1, 0.15) is 16.1 Å². The summed E-state index contributed by atoms with van der Waals surface area (Å²) < 4.78 is 1.77. The number of nitrogens with one attached hydrogen (secondary N) is 1. The lowest BCUT2D eigenvalue weighted by Crippen LogP contribution is -2.30. The molecule has 130 valence electrons. The van der Waals surface area contributed by atoms with Crippen molar-refractivity contribution in [2.75, 3.05) is 18.9 Å². The predicted octanol–water partition coefficient (Wildman–Crippen LogP) is 3.62. The van der Waals surface area contributed by atoms with E-state index in [9.17, 15) is 4.79 Å². The van der Waals surface area contributed by atoms with E-state index in [-0.39, 0.29) is 5.91 Å². The molecule has 0 aliphatic heterocycles. The van der Waals surface area contributed by atoms with Gasteiger partial charge in [-0.05, 0) is 44.5 Å². The van der Waals surface area contributed by atoms with Gasteiger partial charge in [-0.3, -0.25) is 9.69 Å². The maximum Gasteiger partial charge on any atom is 0.239 e. The second kappa shape index (κ2) is 7.63. The third kappa shape index (κ3) is 4.55. The molecule has 0 radical (unpaired) electrons. The summed E-state index contributed by atoms with van der Waals surface area (Å²) >= 11 is 1.70. The molecular formula is C19H22N4OS. The van der Waals surface area contributed by atoms with Crippen LogP contribution in [-0.4, -0.2) is 34.2 Å². The van der Waals surface area contributed by atoms with Gasteiger partial charge in [0.2, 0.25) is 5.91 Å². The van der Waals surface area contributed by atoms with Gasteiger partial charge in [-0.25, -0.2) is 4.68 Å². The molecule has 2 heterocycles. The highest BCUT2D eigenvalue weighted by Gasteiger charge is 2.13. The van der Waals surface area contributed by atoms with E-state index in [1.165, 1.54) is 10.4 Å². The first-order chi connectivity index (χ1) is 12.0. The minimum Gasteiger partial charge on any atom is -0.309 e. The third-order valence-corrected chi connectivity index (χ3v) is 4.66. The maximum atomic E-state index is 12.4. The maximum absolute atomic E-state index is 12.4. The van der Waals surface area contributed by atoms with Crippen molar-refractivity contribution >= 4 is 23.1 Å². The van der Waals surface area contributed by atoms with Gasteiger partial charge in [-0.1, -0.05) is 23.8 Å². The fourth-order valence-electron chi connectivity index (χ4n) is 2.62. The number of anilines is 1. The summed E-state index contributed by atoms with van der Waals surface area (Å²) in [6.45, 7) is 5.06. The molecule has 3 aromatic rings. The average Bonchev–Trinajstić information content (AvgIpc) is 3.17. The van der Waals surface area contributed by atoms with Crippen molar-refractivity contribution in [1.29, 1.82) is 0 Å². The van der Waals surface area contributed by atoms with E-state index in [1.54, 1.807) is 16.0 Å². The molecule has 1 amide bonds. The molecule has 0 fully saturated rings. The molecule has 5 nitrogen and oxygen atoms in total. The second-order valence-electron chi connectivity index (χ2n) is 6.22. The van der Waals surface area contributed by atoms with Gasteiger partial charge in [0.05, 0.1) is 17.9 Å². The molecule has 0 unspecified atom stereocenters. The van der Waals surface area contributed by atoms with Crippen molar-refractivity contribution in [2.45, 2.75) is 20.4 Å². The summed E-state index contributed by atoms with van der Waals surface area (Å²) in [4.78, 5) is 15.7. The minimum absolute atomic E-state index is 0.0488. The summed E-state index contributed by atoms with van der Waals surface area (Å²) in [6.07, 6.45) is 0. The molecule has 2 aromatic heterocycles. The summed E-state index contributed by atoms with van der Waals surface area (Å²) in [5, 5.41) is 9.52. The number of rotatable bonds is 6. The van der Waals surface area contributed by atoms with Crippen LogP contribution in [0.15, 0.2) is 47.8 Å². The summed E-state index contributed by atoms with van der Waals surface area (Å²) in [5.41, 5.74) is 2.98. The molecule has 1 aromatic carbocycles. The Morgan fingerprint density at radius 2 is 2.00 bits per heavy atom. The molecule has 0 spiro atoms. The number of hydrogen-bond acceptors (Lipinski definition) is 4. The molecule has 0 saturated heterocycles. The van der Waals surface area contributed by atoms with Gasteiger partial charge in [-0.2, -0.15) is 5.10 Å². The van der Waals surface area contributed by atoms with Crippen LogP contribution >= 0.6 is 11.3 Å². The van der Waals surface area contributed by atoms with Gasteiger partial charge in [0.25, 0.3) is 0 Å². The smallest absolute Gasteiger partial charge is 0.239 e. The lowest BCUT2D eigenvalue weighted by atomic mass is 10.2. The van der Waals surface area contributed by atoms with E-state index >= 15 is 0 Å². The summed E-state index contributed by atoms with van der Waals surface area (Å²) in [6, 6.07) is 14.1. The Morgan fingerprint density at radius 1 is 1.24 bits per heavy atom. The second-order valence-corrected chi connectivity index (χ2v) is 7.25. The van der Waals surface area contributed by atoms with E-state index in [2.05, 4.69) is 16.5 Å². The molecule has 0 saturated carbocycles. The van der Waals surface area contributed by atoms with Crippen LogP contribution in [0.4, 0.5) is 5.82 Å². The summed E-state index contributed by atoms with van der Waals surface area (Å²) in [7, 11) is 1.95. The van der Waals surface area contributed by atoms with Crippen LogP contribution in [0.25, 0.3) is 5.69 Å². The Kier molecular flexibility index (Phi) is 5.31. The van der Waals surface area contributed by atoms with Crippen LogP contribution in [0, 0.1) is 13.8 Å². The van der Waals surface area contributed by atoms with Crippen LogP contribution in [0.5, 0.6) is 0 Å². The van der Waals surface area contributed by atoms with Crippen molar-refractivity contribution in [1.82, 2.24) is 14.7 Å². The average molecular weight is 354 g/mol. The molecule has 3 rings (SSSR count). The number of aromatic nitrogens is 2. The fourth-order valence-corrected chi connectivity index (χ4v) is 3.41. The zero-order chi connectivity index (χ0) is 17.8. The first-order valence-corrected chi connectivity index (χ1v) is 9.04. The van der Waals surface area contributed by atoms with Crippen LogP contribution < -0.4 is 5.32 Å². The molecule has 6 heteroatoms. The standard InChI is InChI=1S/C19H22N4OS/c1-14-6-8-16(9-7-14)23-18(11-15(2)21-23)20-19(24)13-22(3)12-17-5-4-10-25-17/h4-11H,12-13H2,1-3H3,(H,20,24). The normalized spacial score (nSPS) is 11.0. The number of thiophene rings is 1. The zero-order valence-corrected chi connectivity index (χ0v) is 15.5. The fraction of sp³-hybridized carbons (Fsp3) is 0.263. The van der Waals surface area contributed by atoms with E-state index in [1.807, 2.05) is 67.6 Å². The quantitative estimate of drug-likeness (QED) is 0.735. The monoisotopic (exact) mass is 354 g/mol. The van der Waals surface area contributed by atoms with Crippen molar-refractivity contribution in [3.8, 4) is 5.69 Å². The highest BCUT2D eigenvalue weighted by Crippen LogP contribution is 2.18.